The Morgan fingerprint density at radius 1 is 1.22 bits per heavy atom. The van der Waals surface area contributed by atoms with Gasteiger partial charge in [-0.25, -0.2) is 0 Å². The first-order valence-electron chi connectivity index (χ1n) is 7.81. The van der Waals surface area contributed by atoms with Crippen LogP contribution in [0.2, 0.25) is 5.02 Å². The molecule has 6 heteroatoms. The van der Waals surface area contributed by atoms with Gasteiger partial charge in [0.05, 0.1) is 12.3 Å². The molecule has 3 N–H and O–H groups in total. The molecule has 120 valence electrons. The van der Waals surface area contributed by atoms with E-state index in [9.17, 15) is 4.79 Å². The van der Waals surface area contributed by atoms with Crippen LogP contribution in [-0.4, -0.2) is 24.5 Å². The number of hydrogen-bond acceptors (Lipinski definition) is 4. The summed E-state index contributed by atoms with van der Waals surface area (Å²) in [7, 11) is 0. The van der Waals surface area contributed by atoms with E-state index >= 15 is 0 Å². The third-order valence-electron chi connectivity index (χ3n) is 4.71. The Bertz CT molecular complexity index is 723. The SMILES string of the molecule is O=C1Nc2ccc(Cl)cc2C(c2ccco2)NC12CCNCC2. The van der Waals surface area contributed by atoms with Gasteiger partial charge >= 0.3 is 0 Å². The largest absolute Gasteiger partial charge is 0.467 e. The molecule has 1 amide bonds. The normalized spacial score (nSPS) is 23.2. The van der Waals surface area contributed by atoms with Crippen LogP contribution in [0, 0.1) is 0 Å². The molecule has 5 nitrogen and oxygen atoms in total. The van der Waals surface area contributed by atoms with Gasteiger partial charge in [-0.15, -0.1) is 0 Å². The molecule has 0 aliphatic carbocycles. The maximum absolute atomic E-state index is 12.9. The highest BCUT2D eigenvalue weighted by Gasteiger charge is 2.44. The molecule has 2 aliphatic rings. The van der Waals surface area contributed by atoms with Crippen LogP contribution in [0.25, 0.3) is 0 Å². The van der Waals surface area contributed by atoms with E-state index in [2.05, 4.69) is 16.0 Å². The van der Waals surface area contributed by atoms with Crippen molar-refractivity contribution in [1.82, 2.24) is 10.6 Å². The van der Waals surface area contributed by atoms with Gasteiger partial charge in [0, 0.05) is 16.3 Å². The predicted octanol–water partition coefficient (Wildman–Crippen LogP) is 2.69. The molecule has 1 aromatic carbocycles. The van der Waals surface area contributed by atoms with Crippen LogP contribution in [0.15, 0.2) is 41.0 Å². The lowest BCUT2D eigenvalue weighted by Gasteiger charge is -2.37. The van der Waals surface area contributed by atoms with E-state index in [0.29, 0.717) is 5.02 Å². The maximum atomic E-state index is 12.9. The third kappa shape index (κ3) is 2.55. The highest BCUT2D eigenvalue weighted by atomic mass is 35.5. The van der Waals surface area contributed by atoms with Crippen LogP contribution >= 0.6 is 11.6 Å². The van der Waals surface area contributed by atoms with Gasteiger partial charge in [-0.2, -0.15) is 0 Å². The fourth-order valence-electron chi connectivity index (χ4n) is 3.45. The Kier molecular flexibility index (Phi) is 3.64. The highest BCUT2D eigenvalue weighted by molar-refractivity contribution is 6.30. The van der Waals surface area contributed by atoms with Crippen LogP contribution in [0.4, 0.5) is 5.69 Å². The number of fused-ring (bicyclic) bond motifs is 1. The number of anilines is 1. The van der Waals surface area contributed by atoms with Gasteiger partial charge in [-0.05, 0) is 56.3 Å². The second-order valence-corrected chi connectivity index (χ2v) is 6.55. The van der Waals surface area contributed by atoms with E-state index in [-0.39, 0.29) is 11.9 Å². The Morgan fingerprint density at radius 3 is 2.78 bits per heavy atom. The van der Waals surface area contributed by atoms with Crippen molar-refractivity contribution >= 4 is 23.2 Å². The molecule has 2 aliphatic heterocycles. The molecule has 1 aromatic heterocycles. The zero-order valence-electron chi connectivity index (χ0n) is 12.6. The summed E-state index contributed by atoms with van der Waals surface area (Å²) in [6.07, 6.45) is 3.12. The number of carbonyl (C=O) groups is 1. The Labute approximate surface area is 139 Å². The van der Waals surface area contributed by atoms with E-state index in [1.807, 2.05) is 24.3 Å². The number of benzene rings is 1. The third-order valence-corrected chi connectivity index (χ3v) is 4.95. The van der Waals surface area contributed by atoms with Crippen LogP contribution in [-0.2, 0) is 4.79 Å². The molecule has 0 radical (unpaired) electrons. The summed E-state index contributed by atoms with van der Waals surface area (Å²) in [6, 6.07) is 9.10. The molecule has 2 aromatic rings. The van der Waals surface area contributed by atoms with E-state index < -0.39 is 5.54 Å². The summed E-state index contributed by atoms with van der Waals surface area (Å²) in [5, 5.41) is 10.6. The molecule has 1 fully saturated rings. The second-order valence-electron chi connectivity index (χ2n) is 6.11. The molecular weight excluding hydrogens is 314 g/mol. The van der Waals surface area contributed by atoms with Crippen LogP contribution in [0.1, 0.15) is 30.2 Å². The van der Waals surface area contributed by atoms with Crippen LogP contribution < -0.4 is 16.0 Å². The number of halogens is 1. The monoisotopic (exact) mass is 331 g/mol. The highest BCUT2D eigenvalue weighted by Crippen LogP contribution is 2.37. The zero-order valence-corrected chi connectivity index (χ0v) is 13.3. The van der Waals surface area contributed by atoms with Gasteiger partial charge in [0.25, 0.3) is 0 Å². The lowest BCUT2D eigenvalue weighted by Crippen LogP contribution is -2.59. The van der Waals surface area contributed by atoms with Crippen molar-refractivity contribution < 1.29 is 9.21 Å². The fourth-order valence-corrected chi connectivity index (χ4v) is 3.63. The summed E-state index contributed by atoms with van der Waals surface area (Å²) in [5.74, 6) is 0.791. The number of nitrogens with one attached hydrogen (secondary N) is 3. The van der Waals surface area contributed by atoms with Crippen molar-refractivity contribution in [1.29, 1.82) is 0 Å². The van der Waals surface area contributed by atoms with E-state index in [0.717, 1.165) is 42.9 Å². The summed E-state index contributed by atoms with van der Waals surface area (Å²) in [4.78, 5) is 12.9. The first kappa shape index (κ1) is 14.8. The quantitative estimate of drug-likeness (QED) is 0.751. The average Bonchev–Trinajstić information content (AvgIpc) is 3.06. The molecule has 23 heavy (non-hydrogen) atoms. The first-order chi connectivity index (χ1) is 11.2. The minimum Gasteiger partial charge on any atom is -0.467 e. The van der Waals surface area contributed by atoms with Gasteiger partial charge in [-0.1, -0.05) is 11.6 Å². The van der Waals surface area contributed by atoms with Gasteiger partial charge in [0.2, 0.25) is 5.91 Å². The number of carbonyl (C=O) groups excluding carboxylic acids is 1. The van der Waals surface area contributed by atoms with Crippen molar-refractivity contribution in [2.75, 3.05) is 18.4 Å². The summed E-state index contributed by atoms with van der Waals surface area (Å²) < 4.78 is 5.63. The maximum Gasteiger partial charge on any atom is 0.244 e. The minimum absolute atomic E-state index is 0.0108. The van der Waals surface area contributed by atoms with Crippen molar-refractivity contribution in [3.8, 4) is 0 Å². The zero-order chi connectivity index (χ0) is 15.9. The molecule has 0 bridgehead atoms. The summed E-state index contributed by atoms with van der Waals surface area (Å²) in [6.45, 7) is 1.62. The van der Waals surface area contributed by atoms with Crippen molar-refractivity contribution in [2.24, 2.45) is 0 Å². The second kappa shape index (κ2) is 5.67. The topological polar surface area (TPSA) is 66.3 Å². The lowest BCUT2D eigenvalue weighted by molar-refractivity contribution is -0.123. The molecular formula is C17H18ClN3O2. The average molecular weight is 332 g/mol. The van der Waals surface area contributed by atoms with E-state index in [1.54, 1.807) is 12.3 Å². The predicted molar refractivity (Wildman–Crippen MR) is 88.6 cm³/mol. The molecule has 1 spiro atoms. The molecule has 0 saturated carbocycles. The lowest BCUT2D eigenvalue weighted by atomic mass is 9.86. The Balaban J connectivity index is 1.84. The summed E-state index contributed by atoms with van der Waals surface area (Å²) >= 11 is 6.19. The van der Waals surface area contributed by atoms with Crippen LogP contribution in [0.3, 0.4) is 0 Å². The van der Waals surface area contributed by atoms with Crippen molar-refractivity contribution in [3.05, 3.63) is 52.9 Å². The number of furan rings is 1. The van der Waals surface area contributed by atoms with Gasteiger partial charge in [0.1, 0.15) is 11.3 Å². The number of rotatable bonds is 1. The number of hydrogen-bond donors (Lipinski definition) is 3. The standard InChI is InChI=1S/C17H18ClN3O2/c18-11-3-4-13-12(10-11)15(14-2-1-9-23-14)21-17(16(22)20-13)5-7-19-8-6-17/h1-4,9-10,15,19,21H,5-8H2,(H,20,22). The van der Waals surface area contributed by atoms with Gasteiger partial charge in [0.15, 0.2) is 0 Å². The molecule has 1 atom stereocenters. The number of amides is 1. The first-order valence-corrected chi connectivity index (χ1v) is 8.18. The van der Waals surface area contributed by atoms with Gasteiger partial charge < -0.3 is 15.1 Å². The fraction of sp³-hybridized carbons (Fsp3) is 0.353. The van der Waals surface area contributed by atoms with E-state index in [1.165, 1.54) is 0 Å². The molecule has 3 heterocycles. The molecule has 4 rings (SSSR count). The molecule has 1 unspecified atom stereocenters. The van der Waals surface area contributed by atoms with E-state index in [4.69, 9.17) is 16.0 Å². The van der Waals surface area contributed by atoms with Crippen molar-refractivity contribution in [2.45, 2.75) is 24.4 Å². The Morgan fingerprint density at radius 2 is 2.04 bits per heavy atom. The minimum atomic E-state index is -0.603. The summed E-state index contributed by atoms with van der Waals surface area (Å²) in [5.41, 5.74) is 1.11. The van der Waals surface area contributed by atoms with Crippen LogP contribution in [0.5, 0.6) is 0 Å². The van der Waals surface area contributed by atoms with Crippen molar-refractivity contribution in [3.63, 3.8) is 0 Å². The smallest absolute Gasteiger partial charge is 0.244 e. The van der Waals surface area contributed by atoms with Gasteiger partial charge in [-0.3, -0.25) is 10.1 Å². The molecule has 1 saturated heterocycles. The number of piperidine rings is 1. The Hall–Kier alpha value is -1.82.